The lowest BCUT2D eigenvalue weighted by Gasteiger charge is -2.09. The third-order valence-electron chi connectivity index (χ3n) is 4.88. The van der Waals surface area contributed by atoms with Gasteiger partial charge in [0.15, 0.2) is 11.5 Å². The summed E-state index contributed by atoms with van der Waals surface area (Å²) in [6.07, 6.45) is 0. The summed E-state index contributed by atoms with van der Waals surface area (Å²) in [6, 6.07) is 20.0. The molecular formula is C25H19ClN4O5. The first-order chi connectivity index (χ1) is 17.0. The summed E-state index contributed by atoms with van der Waals surface area (Å²) in [4.78, 5) is 25.1. The highest BCUT2D eigenvalue weighted by Crippen LogP contribution is 2.28. The van der Waals surface area contributed by atoms with E-state index in [1.165, 1.54) is 20.3 Å². The lowest BCUT2D eigenvalue weighted by molar-refractivity contribution is 0.0951. The van der Waals surface area contributed by atoms with E-state index in [4.69, 9.17) is 25.5 Å². The molecule has 0 unspecified atom stereocenters. The number of methoxy groups -OCH3 is 2. The van der Waals surface area contributed by atoms with Gasteiger partial charge < -0.3 is 13.9 Å². The number of para-hydroxylation sites is 1. The number of hydrogen-bond donors (Lipinski definition) is 1. The van der Waals surface area contributed by atoms with Crippen molar-refractivity contribution < 1.29 is 18.7 Å². The van der Waals surface area contributed by atoms with E-state index in [2.05, 4.69) is 20.8 Å². The fourth-order valence-electron chi connectivity index (χ4n) is 3.12. The van der Waals surface area contributed by atoms with E-state index < -0.39 is 11.5 Å². The van der Waals surface area contributed by atoms with Crippen LogP contribution in [0.25, 0.3) is 11.0 Å². The molecule has 0 radical (unpaired) electrons. The van der Waals surface area contributed by atoms with Crippen LogP contribution >= 0.6 is 11.6 Å². The summed E-state index contributed by atoms with van der Waals surface area (Å²) in [5, 5.41) is 13.6. The molecule has 176 valence electrons. The van der Waals surface area contributed by atoms with Gasteiger partial charge in [-0.2, -0.15) is 0 Å². The number of ether oxygens (including phenoxy) is 2. The average molecular weight is 491 g/mol. The molecular weight excluding hydrogens is 472 g/mol. The van der Waals surface area contributed by atoms with E-state index in [1.54, 1.807) is 66.7 Å². The summed E-state index contributed by atoms with van der Waals surface area (Å²) < 4.78 is 15.8. The van der Waals surface area contributed by atoms with Crippen molar-refractivity contribution in [3.05, 3.63) is 99.4 Å². The number of nitrogens with zero attached hydrogens (tertiary/aromatic N) is 3. The molecule has 1 N–H and O–H groups in total. The van der Waals surface area contributed by atoms with Crippen molar-refractivity contribution >= 4 is 40.0 Å². The molecule has 0 aliphatic rings. The summed E-state index contributed by atoms with van der Waals surface area (Å²) in [6.45, 7) is 0. The van der Waals surface area contributed by atoms with Crippen molar-refractivity contribution in [1.82, 2.24) is 5.43 Å². The van der Waals surface area contributed by atoms with Crippen LogP contribution in [0.4, 0.5) is 5.69 Å². The lowest BCUT2D eigenvalue weighted by Crippen LogP contribution is -2.25. The molecule has 0 aliphatic carbocycles. The van der Waals surface area contributed by atoms with Crippen molar-refractivity contribution in [3.63, 3.8) is 0 Å². The topological polar surface area (TPSA) is 115 Å². The highest BCUT2D eigenvalue weighted by molar-refractivity contribution is 6.30. The zero-order valence-corrected chi connectivity index (χ0v) is 19.4. The van der Waals surface area contributed by atoms with Crippen LogP contribution in [0.15, 0.2) is 97.3 Å². The van der Waals surface area contributed by atoms with Crippen molar-refractivity contribution in [2.75, 3.05) is 14.2 Å². The van der Waals surface area contributed by atoms with Gasteiger partial charge in [-0.1, -0.05) is 29.8 Å². The molecule has 0 fully saturated rings. The van der Waals surface area contributed by atoms with Gasteiger partial charge in [0.25, 0.3) is 5.91 Å². The van der Waals surface area contributed by atoms with Gasteiger partial charge in [-0.3, -0.25) is 4.79 Å². The normalized spacial score (nSPS) is 11.6. The molecule has 9 nitrogen and oxygen atoms in total. The van der Waals surface area contributed by atoms with Crippen LogP contribution in [-0.2, 0) is 0 Å². The van der Waals surface area contributed by atoms with Gasteiger partial charge in [0, 0.05) is 16.0 Å². The van der Waals surface area contributed by atoms with Gasteiger partial charge >= 0.3 is 5.63 Å². The van der Waals surface area contributed by atoms with E-state index in [0.717, 1.165) is 0 Å². The molecule has 0 spiro atoms. The maximum Gasteiger partial charge on any atom is 0.349 e. The minimum atomic E-state index is -0.785. The zero-order valence-electron chi connectivity index (χ0n) is 18.7. The Morgan fingerprint density at radius 2 is 1.69 bits per heavy atom. The average Bonchev–Trinajstić information content (AvgIpc) is 2.88. The number of carbonyl (C=O) groups is 1. The monoisotopic (exact) mass is 490 g/mol. The zero-order chi connectivity index (χ0) is 24.8. The van der Waals surface area contributed by atoms with E-state index in [-0.39, 0.29) is 11.4 Å². The quantitative estimate of drug-likeness (QED) is 0.129. The molecule has 35 heavy (non-hydrogen) atoms. The number of halogens is 1. The lowest BCUT2D eigenvalue weighted by atomic mass is 10.2. The molecule has 4 aromatic rings. The standard InChI is InChI=1S/C25H19ClN4O5/c1-33-21-12-7-16(14-22(21)34-2)23(28-27-18-10-8-17(26)9-11-18)29-30-24(31)19-13-15-5-3-4-6-20(15)35-25(19)32/h3-14H,1-2H3,(H,30,31)/b28-27?,29-23-. The van der Waals surface area contributed by atoms with Gasteiger partial charge in [0.05, 0.1) is 19.9 Å². The summed E-state index contributed by atoms with van der Waals surface area (Å²) >= 11 is 5.92. The predicted octanol–water partition coefficient (Wildman–Crippen LogP) is 5.34. The molecule has 1 amide bonds. The van der Waals surface area contributed by atoms with Gasteiger partial charge in [-0.05, 0) is 54.6 Å². The van der Waals surface area contributed by atoms with Gasteiger partial charge in [-0.15, -0.1) is 15.3 Å². The SMILES string of the molecule is COc1ccc(/C(N=Nc2ccc(Cl)cc2)=N/NC(=O)c2cc3ccccc3oc2=O)cc1OC. The minimum absolute atomic E-state index is 0.0550. The second-order valence-corrected chi connectivity index (χ2v) is 7.54. The van der Waals surface area contributed by atoms with E-state index in [1.807, 2.05) is 0 Å². The summed E-state index contributed by atoms with van der Waals surface area (Å²) in [7, 11) is 3.01. The van der Waals surface area contributed by atoms with Crippen LogP contribution in [0, 0.1) is 0 Å². The van der Waals surface area contributed by atoms with Crippen LogP contribution in [-0.4, -0.2) is 26.0 Å². The van der Waals surface area contributed by atoms with E-state index in [0.29, 0.717) is 38.7 Å². The second-order valence-electron chi connectivity index (χ2n) is 7.11. The molecule has 0 saturated carbocycles. The van der Waals surface area contributed by atoms with Crippen LogP contribution in [0.3, 0.4) is 0 Å². The molecule has 0 bridgehead atoms. The maximum atomic E-state index is 12.8. The number of azo groups is 1. The fourth-order valence-corrected chi connectivity index (χ4v) is 3.24. The van der Waals surface area contributed by atoms with Crippen molar-refractivity contribution in [2.24, 2.45) is 15.3 Å². The van der Waals surface area contributed by atoms with E-state index in [9.17, 15) is 9.59 Å². The summed E-state index contributed by atoms with van der Waals surface area (Å²) in [5.41, 5.74) is 2.74. The second kappa shape index (κ2) is 10.6. The number of carbonyl (C=O) groups excluding carboxylic acids is 1. The van der Waals surface area contributed by atoms with Gasteiger partial charge in [0.2, 0.25) is 5.84 Å². The Balaban J connectivity index is 1.69. The Labute approximate surface area is 204 Å². The highest BCUT2D eigenvalue weighted by Gasteiger charge is 2.15. The molecule has 4 rings (SSSR count). The first-order valence-electron chi connectivity index (χ1n) is 10.3. The van der Waals surface area contributed by atoms with Gasteiger partial charge in [-0.25, -0.2) is 10.2 Å². The first-order valence-corrected chi connectivity index (χ1v) is 10.7. The van der Waals surface area contributed by atoms with Crippen LogP contribution < -0.4 is 20.5 Å². The number of hydrogen-bond acceptors (Lipinski definition) is 7. The van der Waals surface area contributed by atoms with Crippen LogP contribution in [0.2, 0.25) is 5.02 Å². The molecule has 0 saturated heterocycles. The van der Waals surface area contributed by atoms with Crippen molar-refractivity contribution in [2.45, 2.75) is 0 Å². The Kier molecular flexibility index (Phi) is 7.18. The summed E-state index contributed by atoms with van der Waals surface area (Å²) in [5.74, 6) is 0.229. The number of rotatable bonds is 6. The minimum Gasteiger partial charge on any atom is -0.493 e. The molecule has 1 aromatic heterocycles. The van der Waals surface area contributed by atoms with Crippen molar-refractivity contribution in [1.29, 1.82) is 0 Å². The highest BCUT2D eigenvalue weighted by atomic mass is 35.5. The largest absolute Gasteiger partial charge is 0.493 e. The molecule has 10 heteroatoms. The fraction of sp³-hybridized carbons (Fsp3) is 0.0800. The smallest absolute Gasteiger partial charge is 0.349 e. The molecule has 0 aliphatic heterocycles. The Morgan fingerprint density at radius 3 is 2.43 bits per heavy atom. The van der Waals surface area contributed by atoms with E-state index >= 15 is 0 Å². The number of hydrazone groups is 1. The number of benzene rings is 3. The Hall–Kier alpha value is -4.50. The predicted molar refractivity (Wildman–Crippen MR) is 132 cm³/mol. The van der Waals surface area contributed by atoms with Crippen molar-refractivity contribution in [3.8, 4) is 11.5 Å². The number of amides is 1. The maximum absolute atomic E-state index is 12.8. The van der Waals surface area contributed by atoms with Gasteiger partial charge in [0.1, 0.15) is 11.1 Å². The molecule has 3 aromatic carbocycles. The Morgan fingerprint density at radius 1 is 0.943 bits per heavy atom. The van der Waals surface area contributed by atoms with Crippen LogP contribution in [0.1, 0.15) is 15.9 Å². The Bertz CT molecular complexity index is 1500. The molecule has 0 atom stereocenters. The number of nitrogens with one attached hydrogen (secondary N) is 1. The molecule has 1 heterocycles. The third kappa shape index (κ3) is 5.53. The first kappa shape index (κ1) is 23.7. The van der Waals surface area contributed by atoms with Crippen LogP contribution in [0.5, 0.6) is 11.5 Å². The number of fused-ring (bicyclic) bond motifs is 1. The third-order valence-corrected chi connectivity index (χ3v) is 5.13. The number of amidine groups is 1.